The van der Waals surface area contributed by atoms with Crippen molar-refractivity contribution in [2.24, 2.45) is 0 Å². The number of phenols is 1. The Hall–Kier alpha value is -3.01. The Morgan fingerprint density at radius 1 is 1.00 bits per heavy atom. The maximum atomic E-state index is 11.5. The molecule has 3 N–H and O–H groups in total. The van der Waals surface area contributed by atoms with E-state index in [0.29, 0.717) is 10.8 Å². The molecular weight excluding hydrogens is 266 g/mol. The summed E-state index contributed by atoms with van der Waals surface area (Å²) in [6, 6.07) is 14.5. The van der Waals surface area contributed by atoms with Crippen LogP contribution in [0.1, 0.15) is 10.4 Å². The minimum Gasteiger partial charge on any atom is -0.508 e. The monoisotopic (exact) mass is 277 g/mol. The van der Waals surface area contributed by atoms with Crippen molar-refractivity contribution in [3.8, 4) is 5.75 Å². The van der Waals surface area contributed by atoms with Gasteiger partial charge in [0.05, 0.1) is 11.1 Å². The SMILES string of the molecule is O=C(O)c1cc(O)cc2ccc3c4ccccc4[nH]c3c12. The lowest BCUT2D eigenvalue weighted by atomic mass is 10.0. The molecule has 0 saturated carbocycles. The summed E-state index contributed by atoms with van der Waals surface area (Å²) >= 11 is 0. The second kappa shape index (κ2) is 3.99. The van der Waals surface area contributed by atoms with E-state index in [2.05, 4.69) is 4.98 Å². The van der Waals surface area contributed by atoms with Crippen molar-refractivity contribution in [3.63, 3.8) is 0 Å². The number of aromatic carboxylic acids is 1. The molecule has 0 aliphatic rings. The molecule has 3 aromatic carbocycles. The lowest BCUT2D eigenvalue weighted by molar-refractivity contribution is 0.0698. The molecule has 0 bridgehead atoms. The van der Waals surface area contributed by atoms with Crippen LogP contribution in [0.2, 0.25) is 0 Å². The molecule has 1 heterocycles. The number of fused-ring (bicyclic) bond motifs is 5. The highest BCUT2D eigenvalue weighted by Gasteiger charge is 2.15. The van der Waals surface area contributed by atoms with Crippen LogP contribution in [0.15, 0.2) is 48.5 Å². The van der Waals surface area contributed by atoms with Crippen LogP contribution in [0, 0.1) is 0 Å². The molecule has 0 aliphatic carbocycles. The zero-order chi connectivity index (χ0) is 14.6. The zero-order valence-electron chi connectivity index (χ0n) is 10.9. The number of aromatic hydroxyl groups is 1. The van der Waals surface area contributed by atoms with Gasteiger partial charge in [-0.25, -0.2) is 4.79 Å². The highest BCUT2D eigenvalue weighted by atomic mass is 16.4. The van der Waals surface area contributed by atoms with E-state index in [9.17, 15) is 15.0 Å². The van der Waals surface area contributed by atoms with Crippen LogP contribution in [0.5, 0.6) is 5.75 Å². The first-order chi connectivity index (χ1) is 10.1. The minimum absolute atomic E-state index is 0.0460. The molecule has 1 aromatic heterocycles. The lowest BCUT2D eigenvalue weighted by Gasteiger charge is -2.05. The van der Waals surface area contributed by atoms with Crippen LogP contribution < -0.4 is 0 Å². The van der Waals surface area contributed by atoms with Gasteiger partial charge < -0.3 is 15.2 Å². The van der Waals surface area contributed by atoms with E-state index >= 15 is 0 Å². The standard InChI is InChI=1S/C17H11NO3/c19-10-7-9-5-6-12-11-3-1-2-4-14(11)18-16(12)15(9)13(8-10)17(20)21/h1-8,18-19H,(H,20,21). The Balaban J connectivity index is 2.30. The number of hydrogen-bond donors (Lipinski definition) is 3. The van der Waals surface area contributed by atoms with Gasteiger partial charge in [0.15, 0.2) is 0 Å². The Morgan fingerprint density at radius 2 is 1.81 bits per heavy atom. The first-order valence-electron chi connectivity index (χ1n) is 6.54. The number of benzene rings is 3. The van der Waals surface area contributed by atoms with Crippen molar-refractivity contribution >= 4 is 38.5 Å². The highest BCUT2D eigenvalue weighted by molar-refractivity contribution is 6.21. The van der Waals surface area contributed by atoms with Crippen LogP contribution in [-0.4, -0.2) is 21.2 Å². The van der Waals surface area contributed by atoms with Crippen LogP contribution in [0.4, 0.5) is 0 Å². The Morgan fingerprint density at radius 3 is 2.62 bits per heavy atom. The molecule has 4 nitrogen and oxygen atoms in total. The molecule has 0 amide bonds. The number of carbonyl (C=O) groups is 1. The first kappa shape index (κ1) is 11.8. The van der Waals surface area contributed by atoms with Gasteiger partial charge in [-0.2, -0.15) is 0 Å². The number of phenolic OH excluding ortho intramolecular Hbond substituents is 1. The summed E-state index contributed by atoms with van der Waals surface area (Å²) in [6.45, 7) is 0. The fourth-order valence-electron chi connectivity index (χ4n) is 2.93. The number of hydrogen-bond acceptors (Lipinski definition) is 2. The van der Waals surface area contributed by atoms with Crippen molar-refractivity contribution in [3.05, 3.63) is 54.1 Å². The summed E-state index contributed by atoms with van der Waals surface area (Å²) in [5.74, 6) is -1.10. The molecule has 4 aromatic rings. The van der Waals surface area contributed by atoms with Crippen molar-refractivity contribution in [2.75, 3.05) is 0 Å². The molecule has 0 saturated heterocycles. The summed E-state index contributed by atoms with van der Waals surface area (Å²) in [5.41, 5.74) is 1.85. The van der Waals surface area contributed by atoms with E-state index in [1.807, 2.05) is 36.4 Å². The topological polar surface area (TPSA) is 73.3 Å². The molecule has 4 heteroatoms. The van der Waals surface area contributed by atoms with E-state index < -0.39 is 5.97 Å². The van der Waals surface area contributed by atoms with Gasteiger partial charge in [0.2, 0.25) is 0 Å². The van der Waals surface area contributed by atoms with E-state index in [-0.39, 0.29) is 11.3 Å². The Labute approximate surface area is 119 Å². The number of H-pyrrole nitrogens is 1. The maximum absolute atomic E-state index is 11.5. The van der Waals surface area contributed by atoms with Crippen LogP contribution in [0.3, 0.4) is 0 Å². The van der Waals surface area contributed by atoms with Gasteiger partial charge in [-0.1, -0.05) is 30.3 Å². The molecule has 0 aliphatic heterocycles. The molecule has 102 valence electrons. The fourth-order valence-corrected chi connectivity index (χ4v) is 2.93. The minimum atomic E-state index is -1.05. The summed E-state index contributed by atoms with van der Waals surface area (Å²) in [5, 5.41) is 22.5. The van der Waals surface area contributed by atoms with Crippen LogP contribution in [0.25, 0.3) is 32.6 Å². The van der Waals surface area contributed by atoms with Crippen molar-refractivity contribution in [1.29, 1.82) is 0 Å². The largest absolute Gasteiger partial charge is 0.508 e. The second-order valence-corrected chi connectivity index (χ2v) is 5.06. The summed E-state index contributed by atoms with van der Waals surface area (Å²) in [7, 11) is 0. The number of carboxylic acid groups (broad SMARTS) is 1. The Bertz CT molecular complexity index is 1030. The van der Waals surface area contributed by atoms with Gasteiger partial charge in [-0.3, -0.25) is 0 Å². The molecular formula is C17H11NO3. The van der Waals surface area contributed by atoms with Crippen LogP contribution >= 0.6 is 0 Å². The van der Waals surface area contributed by atoms with E-state index in [4.69, 9.17) is 0 Å². The maximum Gasteiger partial charge on any atom is 0.336 e. The third-order valence-corrected chi connectivity index (χ3v) is 3.81. The van der Waals surface area contributed by atoms with Gasteiger partial charge in [0, 0.05) is 21.7 Å². The fraction of sp³-hybridized carbons (Fsp3) is 0. The number of aromatic amines is 1. The lowest BCUT2D eigenvalue weighted by Crippen LogP contribution is -1.97. The highest BCUT2D eigenvalue weighted by Crippen LogP contribution is 2.34. The third kappa shape index (κ3) is 1.59. The summed E-state index contributed by atoms with van der Waals surface area (Å²) in [6.07, 6.45) is 0. The third-order valence-electron chi connectivity index (χ3n) is 3.81. The number of aromatic nitrogens is 1. The van der Waals surface area contributed by atoms with Gasteiger partial charge in [-0.05, 0) is 23.6 Å². The normalized spacial score (nSPS) is 11.4. The van der Waals surface area contributed by atoms with Crippen molar-refractivity contribution in [1.82, 2.24) is 4.98 Å². The van der Waals surface area contributed by atoms with Gasteiger partial charge in [0.1, 0.15) is 5.75 Å². The average molecular weight is 277 g/mol. The number of nitrogens with one attached hydrogen (secondary N) is 1. The van der Waals surface area contributed by atoms with Gasteiger partial charge >= 0.3 is 5.97 Å². The molecule has 0 unspecified atom stereocenters. The Kier molecular flexibility index (Phi) is 2.24. The van der Waals surface area contributed by atoms with Crippen LogP contribution in [-0.2, 0) is 0 Å². The molecule has 0 spiro atoms. The number of carboxylic acids is 1. The van der Waals surface area contributed by atoms with Crippen molar-refractivity contribution in [2.45, 2.75) is 0 Å². The summed E-state index contributed by atoms with van der Waals surface area (Å²) < 4.78 is 0. The van der Waals surface area contributed by atoms with E-state index in [0.717, 1.165) is 21.8 Å². The molecule has 21 heavy (non-hydrogen) atoms. The zero-order valence-corrected chi connectivity index (χ0v) is 10.9. The smallest absolute Gasteiger partial charge is 0.336 e. The van der Waals surface area contributed by atoms with Gasteiger partial charge in [-0.15, -0.1) is 0 Å². The number of para-hydroxylation sites is 1. The quantitative estimate of drug-likeness (QED) is 0.494. The molecule has 0 atom stereocenters. The predicted octanol–water partition coefficient (Wildman–Crippen LogP) is 3.88. The van der Waals surface area contributed by atoms with Gasteiger partial charge in [0.25, 0.3) is 0 Å². The second-order valence-electron chi connectivity index (χ2n) is 5.06. The predicted molar refractivity (Wildman–Crippen MR) is 81.9 cm³/mol. The molecule has 0 radical (unpaired) electrons. The number of rotatable bonds is 1. The summed E-state index contributed by atoms with van der Waals surface area (Å²) in [4.78, 5) is 14.8. The van der Waals surface area contributed by atoms with E-state index in [1.54, 1.807) is 6.07 Å². The van der Waals surface area contributed by atoms with E-state index in [1.165, 1.54) is 6.07 Å². The molecule has 4 rings (SSSR count). The van der Waals surface area contributed by atoms with Crippen molar-refractivity contribution < 1.29 is 15.0 Å². The first-order valence-corrected chi connectivity index (χ1v) is 6.54. The average Bonchev–Trinajstić information content (AvgIpc) is 2.84. The molecule has 0 fully saturated rings.